The Morgan fingerprint density at radius 2 is 1.96 bits per heavy atom. The predicted octanol–water partition coefficient (Wildman–Crippen LogP) is 1.27. The van der Waals surface area contributed by atoms with Gasteiger partial charge in [-0.05, 0) is 30.2 Å². The molecule has 0 radical (unpaired) electrons. The molecule has 0 bridgehead atoms. The standard InChI is InChI=1S/C19H23N3O3S/c1-15-6-5-9-17(12-15)26(24,25)22-11-10-20-14-18(22)19(23)21-13-16-7-3-2-4-8-16/h2-9,12,18,20H,10-11,13-14H2,1H3,(H,21,23). The van der Waals surface area contributed by atoms with E-state index in [1.165, 1.54) is 4.31 Å². The Hall–Kier alpha value is -2.22. The first-order chi connectivity index (χ1) is 12.5. The second kappa shape index (κ2) is 7.99. The molecule has 1 unspecified atom stereocenters. The molecule has 1 atom stereocenters. The number of carbonyl (C=O) groups is 1. The van der Waals surface area contributed by atoms with Gasteiger partial charge in [0.05, 0.1) is 4.90 Å². The summed E-state index contributed by atoms with van der Waals surface area (Å²) in [4.78, 5) is 12.9. The van der Waals surface area contributed by atoms with Gasteiger partial charge in [-0.25, -0.2) is 8.42 Å². The Balaban J connectivity index is 1.78. The summed E-state index contributed by atoms with van der Waals surface area (Å²) < 4.78 is 27.4. The minimum atomic E-state index is -3.73. The molecule has 0 aliphatic carbocycles. The predicted molar refractivity (Wildman–Crippen MR) is 100 cm³/mol. The molecule has 1 aliphatic heterocycles. The summed E-state index contributed by atoms with van der Waals surface area (Å²) >= 11 is 0. The van der Waals surface area contributed by atoms with Gasteiger partial charge >= 0.3 is 0 Å². The van der Waals surface area contributed by atoms with Crippen LogP contribution in [-0.2, 0) is 21.4 Å². The lowest BCUT2D eigenvalue weighted by Crippen LogP contribution is -2.59. The Morgan fingerprint density at radius 1 is 1.19 bits per heavy atom. The molecular formula is C19H23N3O3S. The summed E-state index contributed by atoms with van der Waals surface area (Å²) in [7, 11) is -3.73. The average Bonchev–Trinajstić information content (AvgIpc) is 2.67. The van der Waals surface area contributed by atoms with E-state index in [4.69, 9.17) is 0 Å². The maximum atomic E-state index is 13.0. The van der Waals surface area contributed by atoms with Gasteiger partial charge in [-0.15, -0.1) is 0 Å². The van der Waals surface area contributed by atoms with Gasteiger partial charge in [0.15, 0.2) is 0 Å². The zero-order valence-electron chi connectivity index (χ0n) is 14.7. The van der Waals surface area contributed by atoms with Crippen LogP contribution < -0.4 is 10.6 Å². The number of hydrogen-bond donors (Lipinski definition) is 2. The smallest absolute Gasteiger partial charge is 0.243 e. The fourth-order valence-corrected chi connectivity index (χ4v) is 4.70. The van der Waals surface area contributed by atoms with Gasteiger partial charge in [-0.2, -0.15) is 4.31 Å². The Labute approximate surface area is 154 Å². The highest BCUT2D eigenvalue weighted by atomic mass is 32.2. The molecule has 1 aliphatic rings. The van der Waals surface area contributed by atoms with Crippen LogP contribution in [-0.4, -0.2) is 44.3 Å². The topological polar surface area (TPSA) is 78.5 Å². The first kappa shape index (κ1) is 18.6. The molecular weight excluding hydrogens is 350 g/mol. The van der Waals surface area contributed by atoms with Crippen molar-refractivity contribution in [1.82, 2.24) is 14.9 Å². The number of benzene rings is 2. The van der Waals surface area contributed by atoms with Gasteiger partial charge in [0.1, 0.15) is 6.04 Å². The molecule has 0 spiro atoms. The van der Waals surface area contributed by atoms with E-state index < -0.39 is 16.1 Å². The molecule has 2 aromatic rings. The van der Waals surface area contributed by atoms with Crippen LogP contribution >= 0.6 is 0 Å². The molecule has 0 saturated carbocycles. The summed E-state index contributed by atoms with van der Waals surface area (Å²) in [6.07, 6.45) is 0. The maximum absolute atomic E-state index is 13.0. The van der Waals surface area contributed by atoms with E-state index in [2.05, 4.69) is 10.6 Å². The van der Waals surface area contributed by atoms with Gasteiger partial charge in [0.25, 0.3) is 0 Å². The van der Waals surface area contributed by atoms with E-state index >= 15 is 0 Å². The van der Waals surface area contributed by atoms with E-state index in [1.54, 1.807) is 18.2 Å². The summed E-state index contributed by atoms with van der Waals surface area (Å²) in [5.74, 6) is -0.294. The van der Waals surface area contributed by atoms with Crippen molar-refractivity contribution in [1.29, 1.82) is 0 Å². The number of nitrogens with zero attached hydrogens (tertiary/aromatic N) is 1. The highest BCUT2D eigenvalue weighted by Gasteiger charge is 2.37. The zero-order valence-corrected chi connectivity index (χ0v) is 15.5. The number of carbonyl (C=O) groups excluding carboxylic acids is 1. The molecule has 7 heteroatoms. The Morgan fingerprint density at radius 3 is 2.69 bits per heavy atom. The average molecular weight is 373 g/mol. The number of nitrogens with one attached hydrogen (secondary N) is 2. The lowest BCUT2D eigenvalue weighted by atomic mass is 10.2. The third-order valence-electron chi connectivity index (χ3n) is 4.40. The molecule has 0 aromatic heterocycles. The molecule has 26 heavy (non-hydrogen) atoms. The number of amides is 1. The van der Waals surface area contributed by atoms with Crippen LogP contribution in [0.25, 0.3) is 0 Å². The van der Waals surface area contributed by atoms with Gasteiger partial charge in [0.2, 0.25) is 15.9 Å². The first-order valence-corrected chi connectivity index (χ1v) is 10.0. The summed E-state index contributed by atoms with van der Waals surface area (Å²) in [5, 5.41) is 5.96. The molecule has 2 N–H and O–H groups in total. The van der Waals surface area contributed by atoms with E-state index in [0.29, 0.717) is 19.6 Å². The molecule has 6 nitrogen and oxygen atoms in total. The molecule has 1 heterocycles. The van der Waals surface area contributed by atoms with Crippen molar-refractivity contribution in [2.75, 3.05) is 19.6 Å². The largest absolute Gasteiger partial charge is 0.351 e. The maximum Gasteiger partial charge on any atom is 0.243 e. The molecule has 1 fully saturated rings. The van der Waals surface area contributed by atoms with E-state index in [9.17, 15) is 13.2 Å². The van der Waals surface area contributed by atoms with Crippen LogP contribution in [0.5, 0.6) is 0 Å². The van der Waals surface area contributed by atoms with E-state index in [-0.39, 0.29) is 17.3 Å². The highest BCUT2D eigenvalue weighted by Crippen LogP contribution is 2.20. The summed E-state index contributed by atoms with van der Waals surface area (Å²) in [6.45, 7) is 3.30. The molecule has 1 saturated heterocycles. The summed E-state index contributed by atoms with van der Waals surface area (Å²) in [5.41, 5.74) is 1.84. The Bertz CT molecular complexity index is 869. The van der Waals surface area contributed by atoms with Crippen LogP contribution in [0.3, 0.4) is 0 Å². The Kier molecular flexibility index (Phi) is 5.70. The van der Waals surface area contributed by atoms with Crippen molar-refractivity contribution in [3.63, 3.8) is 0 Å². The highest BCUT2D eigenvalue weighted by molar-refractivity contribution is 7.89. The van der Waals surface area contributed by atoms with Crippen LogP contribution in [0.4, 0.5) is 0 Å². The second-order valence-corrected chi connectivity index (χ2v) is 8.25. The number of rotatable bonds is 5. The van der Waals surface area contributed by atoms with Crippen molar-refractivity contribution in [3.8, 4) is 0 Å². The van der Waals surface area contributed by atoms with Crippen LogP contribution in [0, 0.1) is 6.92 Å². The number of sulfonamides is 1. The van der Waals surface area contributed by atoms with Crippen molar-refractivity contribution in [2.24, 2.45) is 0 Å². The number of piperazine rings is 1. The van der Waals surface area contributed by atoms with Crippen LogP contribution in [0.15, 0.2) is 59.5 Å². The minimum absolute atomic E-state index is 0.222. The van der Waals surface area contributed by atoms with Crippen molar-refractivity contribution < 1.29 is 13.2 Å². The molecule has 138 valence electrons. The lowest BCUT2D eigenvalue weighted by molar-refractivity contribution is -0.125. The third-order valence-corrected chi connectivity index (χ3v) is 6.31. The molecule has 1 amide bonds. The second-order valence-electron chi connectivity index (χ2n) is 6.36. The number of aryl methyl sites for hydroxylation is 1. The molecule has 3 rings (SSSR count). The van der Waals surface area contributed by atoms with Crippen molar-refractivity contribution >= 4 is 15.9 Å². The van der Waals surface area contributed by atoms with E-state index in [1.807, 2.05) is 43.3 Å². The SMILES string of the molecule is Cc1cccc(S(=O)(=O)N2CCNCC2C(=O)NCc2ccccc2)c1. The quantitative estimate of drug-likeness (QED) is 0.827. The van der Waals surface area contributed by atoms with Gasteiger partial charge in [-0.3, -0.25) is 4.79 Å². The fourth-order valence-electron chi connectivity index (χ4n) is 3.01. The molecule has 2 aromatic carbocycles. The van der Waals surface area contributed by atoms with Crippen LogP contribution in [0.1, 0.15) is 11.1 Å². The minimum Gasteiger partial charge on any atom is -0.351 e. The zero-order chi connectivity index (χ0) is 18.6. The van der Waals surface area contributed by atoms with Crippen molar-refractivity contribution in [3.05, 3.63) is 65.7 Å². The summed E-state index contributed by atoms with van der Waals surface area (Å²) in [6, 6.07) is 15.6. The third kappa shape index (κ3) is 4.12. The first-order valence-electron chi connectivity index (χ1n) is 8.59. The number of hydrogen-bond acceptors (Lipinski definition) is 4. The van der Waals surface area contributed by atoms with Crippen LogP contribution in [0.2, 0.25) is 0 Å². The van der Waals surface area contributed by atoms with Gasteiger partial charge < -0.3 is 10.6 Å². The van der Waals surface area contributed by atoms with Gasteiger partial charge in [0, 0.05) is 26.2 Å². The van der Waals surface area contributed by atoms with Crippen molar-refractivity contribution in [2.45, 2.75) is 24.4 Å². The lowest BCUT2D eigenvalue weighted by Gasteiger charge is -2.34. The van der Waals surface area contributed by atoms with E-state index in [0.717, 1.165) is 11.1 Å². The fraction of sp³-hybridized carbons (Fsp3) is 0.316. The monoisotopic (exact) mass is 373 g/mol. The normalized spacial score (nSPS) is 18.4. The van der Waals surface area contributed by atoms with Gasteiger partial charge in [-0.1, -0.05) is 42.5 Å².